The van der Waals surface area contributed by atoms with Crippen molar-refractivity contribution in [1.29, 1.82) is 0 Å². The summed E-state index contributed by atoms with van der Waals surface area (Å²) in [6.45, 7) is 5.75. The Hall–Kier alpha value is -1.57. The molecule has 1 aromatic carbocycles. The molecule has 26 heavy (non-hydrogen) atoms. The van der Waals surface area contributed by atoms with E-state index < -0.39 is 23.8 Å². The number of nitrogens with zero attached hydrogens (tertiary/aromatic N) is 1. The summed E-state index contributed by atoms with van der Waals surface area (Å²) in [7, 11) is 2.08. The number of nitrogens with one attached hydrogen (secondary N) is 2. The molecule has 0 aliphatic carbocycles. The molecule has 0 unspecified atom stereocenters. The van der Waals surface area contributed by atoms with E-state index in [4.69, 9.17) is 0 Å². The van der Waals surface area contributed by atoms with Crippen LogP contribution >= 0.6 is 0 Å². The van der Waals surface area contributed by atoms with Crippen LogP contribution in [-0.4, -0.2) is 60.3 Å². The van der Waals surface area contributed by atoms with Gasteiger partial charge in [0.2, 0.25) is 5.91 Å². The first-order valence-corrected chi connectivity index (χ1v) is 9.00. The summed E-state index contributed by atoms with van der Waals surface area (Å²) in [6.07, 6.45) is 1.21. The topological polar surface area (TPSA) is 64.6 Å². The highest BCUT2D eigenvalue weighted by molar-refractivity contribution is 5.73. The first-order chi connectivity index (χ1) is 12.2. The molecule has 2 rings (SSSR count). The van der Waals surface area contributed by atoms with E-state index in [9.17, 15) is 18.7 Å². The van der Waals surface area contributed by atoms with Gasteiger partial charge in [-0.2, -0.15) is 0 Å². The number of aliphatic hydroxyl groups is 1. The highest BCUT2D eigenvalue weighted by Gasteiger charge is 2.30. The SMILES string of the molecule is CC(=O)N[C@@H](Cc1cc(F)cc(F)c1)[C@H](O)CNC1(C)CCN(C)CC1. The van der Waals surface area contributed by atoms with E-state index in [2.05, 4.69) is 29.5 Å². The quantitative estimate of drug-likeness (QED) is 0.681. The lowest BCUT2D eigenvalue weighted by Crippen LogP contribution is -2.55. The molecule has 0 saturated carbocycles. The molecule has 0 bridgehead atoms. The van der Waals surface area contributed by atoms with Gasteiger partial charge in [0.05, 0.1) is 12.1 Å². The van der Waals surface area contributed by atoms with Gasteiger partial charge in [0, 0.05) is 25.1 Å². The summed E-state index contributed by atoms with van der Waals surface area (Å²) in [4.78, 5) is 13.8. The van der Waals surface area contributed by atoms with E-state index in [-0.39, 0.29) is 17.9 Å². The third-order valence-corrected chi connectivity index (χ3v) is 5.06. The summed E-state index contributed by atoms with van der Waals surface area (Å²) in [5.41, 5.74) is 0.324. The molecule has 1 heterocycles. The Kier molecular flexibility index (Phi) is 7.08. The van der Waals surface area contributed by atoms with Gasteiger partial charge >= 0.3 is 0 Å². The lowest BCUT2D eigenvalue weighted by Gasteiger charge is -2.39. The number of hydrogen-bond donors (Lipinski definition) is 3. The first kappa shape index (κ1) is 20.7. The second-order valence-electron chi connectivity index (χ2n) is 7.60. The predicted octanol–water partition coefficient (Wildman–Crippen LogP) is 1.45. The second kappa shape index (κ2) is 8.88. The molecule has 1 aliphatic heterocycles. The predicted molar refractivity (Wildman–Crippen MR) is 96.8 cm³/mol. The smallest absolute Gasteiger partial charge is 0.217 e. The molecule has 0 spiro atoms. The number of carbonyl (C=O) groups excluding carboxylic acids is 1. The highest BCUT2D eigenvalue weighted by Crippen LogP contribution is 2.21. The second-order valence-corrected chi connectivity index (χ2v) is 7.60. The standard InChI is InChI=1S/C19H29F2N3O2/c1-13(25)23-17(10-14-8-15(20)11-16(21)9-14)18(26)12-22-19(2)4-6-24(3)7-5-19/h8-9,11,17-18,22,26H,4-7,10,12H2,1-3H3,(H,23,25)/t17-,18+/m0/s1. The van der Waals surface area contributed by atoms with Gasteiger partial charge in [-0.15, -0.1) is 0 Å². The van der Waals surface area contributed by atoms with E-state index in [1.807, 2.05) is 0 Å². The monoisotopic (exact) mass is 369 g/mol. The van der Waals surface area contributed by atoms with Gasteiger partial charge in [-0.05, 0) is 64.0 Å². The maximum atomic E-state index is 13.4. The third-order valence-electron chi connectivity index (χ3n) is 5.06. The first-order valence-electron chi connectivity index (χ1n) is 9.00. The summed E-state index contributed by atoms with van der Waals surface area (Å²) in [5.74, 6) is -1.64. The van der Waals surface area contributed by atoms with Gasteiger partial charge in [-0.3, -0.25) is 4.79 Å². The van der Waals surface area contributed by atoms with Crippen molar-refractivity contribution < 1.29 is 18.7 Å². The molecular weight excluding hydrogens is 340 g/mol. The van der Waals surface area contributed by atoms with Crippen LogP contribution in [0.15, 0.2) is 18.2 Å². The van der Waals surface area contributed by atoms with Crippen LogP contribution in [0.1, 0.15) is 32.3 Å². The van der Waals surface area contributed by atoms with Gasteiger partial charge < -0.3 is 20.6 Å². The van der Waals surface area contributed by atoms with Gasteiger partial charge in [-0.1, -0.05) is 0 Å². The maximum Gasteiger partial charge on any atom is 0.217 e. The van der Waals surface area contributed by atoms with Crippen molar-refractivity contribution in [2.45, 2.75) is 50.8 Å². The molecule has 146 valence electrons. The number of likely N-dealkylation sites (tertiary alicyclic amines) is 1. The van der Waals surface area contributed by atoms with Crippen LogP contribution in [0.4, 0.5) is 8.78 Å². The Bertz CT molecular complexity index is 599. The minimum Gasteiger partial charge on any atom is -0.390 e. The third kappa shape index (κ3) is 6.30. The molecule has 7 heteroatoms. The number of piperidine rings is 1. The number of halogens is 2. The fraction of sp³-hybridized carbons (Fsp3) is 0.632. The van der Waals surface area contributed by atoms with Gasteiger partial charge in [0.25, 0.3) is 0 Å². The molecule has 0 radical (unpaired) electrons. The number of amides is 1. The Morgan fingerprint density at radius 1 is 1.27 bits per heavy atom. The summed E-state index contributed by atoms with van der Waals surface area (Å²) < 4.78 is 26.8. The Morgan fingerprint density at radius 2 is 1.85 bits per heavy atom. The van der Waals surface area contributed by atoms with Crippen LogP contribution in [0, 0.1) is 11.6 Å². The normalized spacial score (nSPS) is 19.8. The zero-order valence-corrected chi connectivity index (χ0v) is 15.7. The molecule has 1 saturated heterocycles. The van der Waals surface area contributed by atoms with Gasteiger partial charge in [-0.25, -0.2) is 8.78 Å². The van der Waals surface area contributed by atoms with Crippen molar-refractivity contribution in [3.05, 3.63) is 35.4 Å². The molecule has 2 atom stereocenters. The lowest BCUT2D eigenvalue weighted by atomic mass is 9.89. The molecule has 1 aromatic rings. The molecule has 0 aromatic heterocycles. The Labute approximate surface area is 153 Å². The van der Waals surface area contributed by atoms with Crippen molar-refractivity contribution in [3.8, 4) is 0 Å². The molecular formula is C19H29F2N3O2. The molecule has 5 nitrogen and oxygen atoms in total. The van der Waals surface area contributed by atoms with Crippen LogP contribution in [0.3, 0.4) is 0 Å². The van der Waals surface area contributed by atoms with E-state index >= 15 is 0 Å². The zero-order chi connectivity index (χ0) is 19.3. The number of hydrogen-bond acceptors (Lipinski definition) is 4. The van der Waals surface area contributed by atoms with Gasteiger partial charge in [0.15, 0.2) is 0 Å². The number of β-amino-alcohol motifs (C(OH)–C–C–N with tert-alkyl or cyclic N) is 1. The molecule has 1 aliphatic rings. The maximum absolute atomic E-state index is 13.4. The fourth-order valence-corrected chi connectivity index (χ4v) is 3.31. The number of benzene rings is 1. The van der Waals surface area contributed by atoms with Crippen LogP contribution in [0.25, 0.3) is 0 Å². The van der Waals surface area contributed by atoms with Gasteiger partial charge in [0.1, 0.15) is 11.6 Å². The molecule has 1 fully saturated rings. The van der Waals surface area contributed by atoms with E-state index in [1.165, 1.54) is 19.1 Å². The minimum absolute atomic E-state index is 0.0702. The van der Waals surface area contributed by atoms with E-state index in [0.29, 0.717) is 12.1 Å². The van der Waals surface area contributed by atoms with Crippen LogP contribution in [-0.2, 0) is 11.2 Å². The number of carbonyl (C=O) groups is 1. The zero-order valence-electron chi connectivity index (χ0n) is 15.7. The van der Waals surface area contributed by atoms with Crippen LogP contribution < -0.4 is 10.6 Å². The lowest BCUT2D eigenvalue weighted by molar-refractivity contribution is -0.120. The molecule has 3 N–H and O–H groups in total. The summed E-state index contributed by atoms with van der Waals surface area (Å²) in [5, 5.41) is 16.7. The van der Waals surface area contributed by atoms with Crippen LogP contribution in [0.5, 0.6) is 0 Å². The summed E-state index contributed by atoms with van der Waals surface area (Å²) >= 11 is 0. The van der Waals surface area contributed by atoms with Crippen molar-refractivity contribution in [1.82, 2.24) is 15.5 Å². The largest absolute Gasteiger partial charge is 0.390 e. The Balaban J connectivity index is 1.99. The average Bonchev–Trinajstić information content (AvgIpc) is 2.54. The van der Waals surface area contributed by atoms with Crippen molar-refractivity contribution in [2.75, 3.05) is 26.7 Å². The van der Waals surface area contributed by atoms with Crippen molar-refractivity contribution in [2.24, 2.45) is 0 Å². The molecule has 1 amide bonds. The van der Waals surface area contributed by atoms with Crippen molar-refractivity contribution in [3.63, 3.8) is 0 Å². The Morgan fingerprint density at radius 3 is 2.38 bits per heavy atom. The highest BCUT2D eigenvalue weighted by atomic mass is 19.1. The number of aliphatic hydroxyl groups excluding tert-OH is 1. The summed E-state index contributed by atoms with van der Waals surface area (Å²) in [6, 6.07) is 2.61. The van der Waals surface area contributed by atoms with E-state index in [0.717, 1.165) is 32.0 Å². The van der Waals surface area contributed by atoms with Crippen LogP contribution in [0.2, 0.25) is 0 Å². The average molecular weight is 369 g/mol. The van der Waals surface area contributed by atoms with Crippen molar-refractivity contribution >= 4 is 5.91 Å². The fourth-order valence-electron chi connectivity index (χ4n) is 3.31. The number of rotatable bonds is 7. The van der Waals surface area contributed by atoms with E-state index in [1.54, 1.807) is 0 Å². The minimum atomic E-state index is -0.873.